The third-order valence-electron chi connectivity index (χ3n) is 4.64. The molecule has 20 heavy (non-hydrogen) atoms. The van der Waals surface area contributed by atoms with E-state index in [9.17, 15) is 0 Å². The van der Waals surface area contributed by atoms with Gasteiger partial charge < -0.3 is 10.1 Å². The minimum Gasteiger partial charge on any atom is -0.379 e. The number of rotatable bonds is 4. The van der Waals surface area contributed by atoms with E-state index in [1.54, 1.807) is 7.11 Å². The van der Waals surface area contributed by atoms with E-state index < -0.39 is 0 Å². The van der Waals surface area contributed by atoms with E-state index in [1.807, 2.05) is 6.20 Å². The topological polar surface area (TPSA) is 34.1 Å². The number of methoxy groups -OCH3 is 1. The van der Waals surface area contributed by atoms with E-state index in [1.165, 1.54) is 37.8 Å². The Morgan fingerprint density at radius 3 is 2.55 bits per heavy atom. The van der Waals surface area contributed by atoms with Crippen LogP contribution in [0.3, 0.4) is 0 Å². The second kappa shape index (κ2) is 6.13. The molecule has 1 saturated carbocycles. The number of pyridine rings is 1. The summed E-state index contributed by atoms with van der Waals surface area (Å²) < 4.78 is 5.17. The standard InChI is InChI=1S/C17H28N2O/c1-16(2,3)17(9-6-5-7-10-17)19-14-8-11-18-15(12-14)13-20-4/h8,11-12H,5-7,9-10,13H2,1-4H3,(H,18,19). The average Bonchev–Trinajstić information content (AvgIpc) is 2.39. The van der Waals surface area contributed by atoms with Crippen molar-refractivity contribution in [1.82, 2.24) is 4.98 Å². The first kappa shape index (κ1) is 15.3. The molecule has 3 heteroatoms. The summed E-state index contributed by atoms with van der Waals surface area (Å²) in [6.45, 7) is 7.62. The maximum Gasteiger partial charge on any atom is 0.0884 e. The first-order valence-electron chi connectivity index (χ1n) is 7.69. The van der Waals surface area contributed by atoms with Crippen molar-refractivity contribution >= 4 is 5.69 Å². The van der Waals surface area contributed by atoms with Gasteiger partial charge in [-0.3, -0.25) is 4.98 Å². The molecule has 0 radical (unpaired) electrons. The Kier molecular flexibility index (Phi) is 4.69. The predicted molar refractivity (Wildman–Crippen MR) is 83.8 cm³/mol. The van der Waals surface area contributed by atoms with Crippen LogP contribution in [0.2, 0.25) is 0 Å². The molecule has 0 amide bonds. The normalized spacial score (nSPS) is 18.8. The van der Waals surface area contributed by atoms with Crippen molar-refractivity contribution in [3.05, 3.63) is 24.0 Å². The van der Waals surface area contributed by atoms with Gasteiger partial charge in [-0.15, -0.1) is 0 Å². The number of ether oxygens (including phenoxy) is 1. The highest BCUT2D eigenvalue weighted by Crippen LogP contribution is 2.44. The molecule has 0 spiro atoms. The highest BCUT2D eigenvalue weighted by molar-refractivity contribution is 5.46. The van der Waals surface area contributed by atoms with Crippen LogP contribution in [0.4, 0.5) is 5.69 Å². The smallest absolute Gasteiger partial charge is 0.0884 e. The van der Waals surface area contributed by atoms with Gasteiger partial charge in [-0.05, 0) is 30.4 Å². The Morgan fingerprint density at radius 2 is 1.95 bits per heavy atom. The molecule has 1 N–H and O–H groups in total. The summed E-state index contributed by atoms with van der Waals surface area (Å²) in [6, 6.07) is 4.19. The molecule has 3 nitrogen and oxygen atoms in total. The molecular weight excluding hydrogens is 248 g/mol. The second-order valence-electron chi connectivity index (χ2n) is 6.99. The SMILES string of the molecule is COCc1cc(NC2(C(C)(C)C)CCCCC2)ccn1. The van der Waals surface area contributed by atoms with Gasteiger partial charge in [0, 0.05) is 24.5 Å². The van der Waals surface area contributed by atoms with Crippen molar-refractivity contribution in [2.45, 2.75) is 65.0 Å². The van der Waals surface area contributed by atoms with Gasteiger partial charge in [0.2, 0.25) is 0 Å². The summed E-state index contributed by atoms with van der Waals surface area (Å²) in [5, 5.41) is 3.84. The van der Waals surface area contributed by atoms with E-state index in [0.29, 0.717) is 6.61 Å². The first-order valence-corrected chi connectivity index (χ1v) is 7.69. The summed E-state index contributed by atoms with van der Waals surface area (Å²) >= 11 is 0. The van der Waals surface area contributed by atoms with Crippen molar-refractivity contribution in [3.63, 3.8) is 0 Å². The highest BCUT2D eigenvalue weighted by Gasteiger charge is 2.42. The average molecular weight is 276 g/mol. The first-order chi connectivity index (χ1) is 9.47. The fourth-order valence-corrected chi connectivity index (χ4v) is 3.28. The van der Waals surface area contributed by atoms with E-state index in [0.717, 1.165) is 5.69 Å². The summed E-state index contributed by atoms with van der Waals surface area (Å²) in [5.41, 5.74) is 2.59. The maximum atomic E-state index is 5.17. The molecular formula is C17H28N2O. The molecule has 1 aliphatic rings. The lowest BCUT2D eigenvalue weighted by atomic mass is 9.65. The van der Waals surface area contributed by atoms with Gasteiger partial charge in [-0.1, -0.05) is 40.0 Å². The van der Waals surface area contributed by atoms with Gasteiger partial charge in [0.1, 0.15) is 0 Å². The van der Waals surface area contributed by atoms with Gasteiger partial charge in [0.25, 0.3) is 0 Å². The summed E-state index contributed by atoms with van der Waals surface area (Å²) in [7, 11) is 1.71. The molecule has 1 heterocycles. The van der Waals surface area contributed by atoms with Gasteiger partial charge in [-0.2, -0.15) is 0 Å². The minimum atomic E-state index is 0.191. The van der Waals surface area contributed by atoms with Crippen LogP contribution in [0.25, 0.3) is 0 Å². The van der Waals surface area contributed by atoms with Crippen LogP contribution in [0, 0.1) is 5.41 Å². The molecule has 112 valence electrons. The van der Waals surface area contributed by atoms with Crippen molar-refractivity contribution < 1.29 is 4.74 Å². The fourth-order valence-electron chi connectivity index (χ4n) is 3.28. The summed E-state index contributed by atoms with van der Waals surface area (Å²) in [5.74, 6) is 0. The Labute approximate surface area is 123 Å². The monoisotopic (exact) mass is 276 g/mol. The fraction of sp³-hybridized carbons (Fsp3) is 0.706. The highest BCUT2D eigenvalue weighted by atomic mass is 16.5. The molecule has 1 aromatic rings. The predicted octanol–water partition coefficient (Wildman–Crippen LogP) is 4.39. The molecule has 0 aromatic carbocycles. The number of nitrogens with one attached hydrogen (secondary N) is 1. The van der Waals surface area contributed by atoms with E-state index in [-0.39, 0.29) is 11.0 Å². The van der Waals surface area contributed by atoms with Gasteiger partial charge in [-0.25, -0.2) is 0 Å². The minimum absolute atomic E-state index is 0.191. The number of nitrogens with zero attached hydrogens (tertiary/aromatic N) is 1. The van der Waals surface area contributed by atoms with Crippen molar-refractivity contribution in [3.8, 4) is 0 Å². The Morgan fingerprint density at radius 1 is 1.25 bits per heavy atom. The third kappa shape index (κ3) is 3.32. The number of aromatic nitrogens is 1. The second-order valence-corrected chi connectivity index (χ2v) is 6.99. The molecule has 0 bridgehead atoms. The van der Waals surface area contributed by atoms with Gasteiger partial charge in [0.05, 0.1) is 12.3 Å². The van der Waals surface area contributed by atoms with Crippen LogP contribution < -0.4 is 5.32 Å². The lowest BCUT2D eigenvalue weighted by Gasteiger charge is -2.49. The number of hydrogen-bond acceptors (Lipinski definition) is 3. The van der Waals surface area contributed by atoms with Crippen molar-refractivity contribution in [1.29, 1.82) is 0 Å². The van der Waals surface area contributed by atoms with Crippen molar-refractivity contribution in [2.75, 3.05) is 12.4 Å². The van der Waals surface area contributed by atoms with E-state index >= 15 is 0 Å². The zero-order chi connectivity index (χ0) is 14.6. The molecule has 0 atom stereocenters. The molecule has 2 rings (SSSR count). The van der Waals surface area contributed by atoms with Crippen LogP contribution >= 0.6 is 0 Å². The summed E-state index contributed by atoms with van der Waals surface area (Å²) in [6.07, 6.45) is 8.37. The Hall–Kier alpha value is -1.09. The molecule has 1 aromatic heterocycles. The lowest BCUT2D eigenvalue weighted by molar-refractivity contribution is 0.155. The van der Waals surface area contributed by atoms with Crippen LogP contribution in [-0.2, 0) is 11.3 Å². The summed E-state index contributed by atoms with van der Waals surface area (Å²) in [4.78, 5) is 4.34. The Balaban J connectivity index is 2.21. The number of hydrogen-bond donors (Lipinski definition) is 1. The van der Waals surface area contributed by atoms with Crippen LogP contribution in [0.15, 0.2) is 18.3 Å². The number of anilines is 1. The zero-order valence-electron chi connectivity index (χ0n) is 13.3. The third-order valence-corrected chi connectivity index (χ3v) is 4.64. The molecule has 0 saturated heterocycles. The molecule has 0 unspecified atom stereocenters. The van der Waals surface area contributed by atoms with E-state index in [2.05, 4.69) is 43.2 Å². The molecule has 1 aliphatic carbocycles. The van der Waals surface area contributed by atoms with Crippen LogP contribution in [-0.4, -0.2) is 17.6 Å². The largest absolute Gasteiger partial charge is 0.379 e. The van der Waals surface area contributed by atoms with Gasteiger partial charge >= 0.3 is 0 Å². The zero-order valence-corrected chi connectivity index (χ0v) is 13.3. The van der Waals surface area contributed by atoms with E-state index in [4.69, 9.17) is 4.74 Å². The Bertz CT molecular complexity index is 431. The molecule has 1 fully saturated rings. The maximum absolute atomic E-state index is 5.17. The molecule has 0 aliphatic heterocycles. The van der Waals surface area contributed by atoms with Gasteiger partial charge in [0.15, 0.2) is 0 Å². The van der Waals surface area contributed by atoms with Crippen molar-refractivity contribution in [2.24, 2.45) is 5.41 Å². The van der Waals surface area contributed by atoms with Crippen LogP contribution in [0.1, 0.15) is 58.6 Å². The van der Waals surface area contributed by atoms with Crippen LogP contribution in [0.5, 0.6) is 0 Å². The lowest BCUT2D eigenvalue weighted by Crippen LogP contribution is -2.51. The quantitative estimate of drug-likeness (QED) is 0.885.